The molecule has 0 atom stereocenters. The number of ether oxygens (including phenoxy) is 1. The van der Waals surface area contributed by atoms with Crippen molar-refractivity contribution in [3.8, 4) is 5.75 Å². The molecule has 40 heavy (non-hydrogen) atoms. The van der Waals surface area contributed by atoms with Crippen LogP contribution in [0.1, 0.15) is 102 Å². The van der Waals surface area contributed by atoms with E-state index in [-0.39, 0.29) is 43.1 Å². The van der Waals surface area contributed by atoms with Crippen LogP contribution in [0.4, 0.5) is 30.7 Å². The number of hydrogen-bond donors (Lipinski definition) is 1. The fourth-order valence-electron chi connectivity index (χ4n) is 7.38. The highest BCUT2D eigenvalue weighted by Crippen LogP contribution is 2.47. The molecular formula is C31H41F7O2. The van der Waals surface area contributed by atoms with Gasteiger partial charge in [-0.25, -0.2) is 8.78 Å². The van der Waals surface area contributed by atoms with E-state index in [9.17, 15) is 27.1 Å². The van der Waals surface area contributed by atoms with Crippen molar-refractivity contribution in [3.63, 3.8) is 0 Å². The molecule has 3 aliphatic carbocycles. The maximum Gasteiger partial charge on any atom is 0.412 e. The Hall–Kier alpha value is -1.77. The molecule has 0 aromatic heterocycles. The van der Waals surface area contributed by atoms with Gasteiger partial charge in [0.15, 0.2) is 0 Å². The first kappa shape index (κ1) is 31.2. The zero-order valence-corrected chi connectivity index (χ0v) is 23.1. The summed E-state index contributed by atoms with van der Waals surface area (Å²) in [6, 6.07) is 3.17. The van der Waals surface area contributed by atoms with Crippen molar-refractivity contribution < 1.29 is 40.6 Å². The average molecular weight is 579 g/mol. The lowest BCUT2D eigenvalue weighted by Gasteiger charge is -2.39. The lowest BCUT2D eigenvalue weighted by atomic mass is 9.68. The van der Waals surface area contributed by atoms with Gasteiger partial charge in [-0.3, -0.25) is 0 Å². The number of aliphatic hydroxyl groups is 1. The van der Waals surface area contributed by atoms with Gasteiger partial charge < -0.3 is 9.84 Å². The largest absolute Gasteiger partial charge is 0.432 e. The van der Waals surface area contributed by atoms with Gasteiger partial charge in [0, 0.05) is 17.5 Å². The molecule has 3 fully saturated rings. The van der Waals surface area contributed by atoms with E-state index in [0.717, 1.165) is 24.8 Å². The zero-order valence-electron chi connectivity index (χ0n) is 23.1. The highest BCUT2D eigenvalue weighted by Gasteiger charge is 2.45. The Labute approximate surface area is 232 Å². The Morgan fingerprint density at radius 1 is 0.925 bits per heavy atom. The topological polar surface area (TPSA) is 29.5 Å². The second-order valence-electron chi connectivity index (χ2n) is 12.4. The van der Waals surface area contributed by atoms with Gasteiger partial charge >= 0.3 is 12.3 Å². The van der Waals surface area contributed by atoms with Crippen molar-refractivity contribution in [2.24, 2.45) is 29.6 Å². The fourth-order valence-corrected chi connectivity index (χ4v) is 7.38. The number of benzene rings is 1. The molecule has 3 aliphatic rings. The second kappa shape index (κ2) is 12.6. The zero-order chi connectivity index (χ0) is 29.1. The van der Waals surface area contributed by atoms with E-state index in [2.05, 4.69) is 6.92 Å². The van der Waals surface area contributed by atoms with Crippen LogP contribution in [0.3, 0.4) is 0 Å². The SMILES string of the molecule is CCCC1CCC(C2CCC(C(F)(F)Oc3ccc(C4(O)CCC(/C(F)=C/C(F)(F)F)CC4)c(F)c3)CC2)CC1. The third kappa shape index (κ3) is 7.74. The first-order chi connectivity index (χ1) is 18.8. The molecule has 0 radical (unpaired) electrons. The minimum absolute atomic E-state index is 0.104. The summed E-state index contributed by atoms with van der Waals surface area (Å²) in [4.78, 5) is 0. The predicted octanol–water partition coefficient (Wildman–Crippen LogP) is 10.0. The summed E-state index contributed by atoms with van der Waals surface area (Å²) in [5.41, 5.74) is -1.88. The minimum atomic E-state index is -4.78. The minimum Gasteiger partial charge on any atom is -0.432 e. The molecule has 0 amide bonds. The van der Waals surface area contributed by atoms with E-state index < -0.39 is 41.4 Å². The summed E-state index contributed by atoms with van der Waals surface area (Å²) in [6.45, 7) is 2.21. The van der Waals surface area contributed by atoms with Crippen LogP contribution in [-0.4, -0.2) is 17.4 Å². The maximum absolute atomic E-state index is 15.1. The Morgan fingerprint density at radius 3 is 2.02 bits per heavy atom. The van der Waals surface area contributed by atoms with Crippen molar-refractivity contribution in [2.75, 3.05) is 0 Å². The first-order valence-corrected chi connectivity index (χ1v) is 14.8. The van der Waals surface area contributed by atoms with Crippen LogP contribution < -0.4 is 4.74 Å². The van der Waals surface area contributed by atoms with Crippen molar-refractivity contribution >= 4 is 0 Å². The molecule has 2 nitrogen and oxygen atoms in total. The van der Waals surface area contributed by atoms with Gasteiger partial charge in [-0.15, -0.1) is 0 Å². The number of halogens is 7. The molecule has 1 aromatic rings. The van der Waals surface area contributed by atoms with E-state index in [1.807, 2.05) is 0 Å². The summed E-state index contributed by atoms with van der Waals surface area (Å²) in [5.74, 6) is -2.68. The lowest BCUT2D eigenvalue weighted by Crippen LogP contribution is -2.38. The molecule has 0 saturated heterocycles. The van der Waals surface area contributed by atoms with Crippen molar-refractivity contribution in [1.29, 1.82) is 0 Å². The van der Waals surface area contributed by atoms with E-state index in [4.69, 9.17) is 4.74 Å². The first-order valence-electron chi connectivity index (χ1n) is 14.8. The van der Waals surface area contributed by atoms with Crippen LogP contribution in [0.25, 0.3) is 0 Å². The van der Waals surface area contributed by atoms with Crippen molar-refractivity contribution in [3.05, 3.63) is 41.5 Å². The Kier molecular flexibility index (Phi) is 9.83. The van der Waals surface area contributed by atoms with E-state index in [0.29, 0.717) is 24.7 Å². The number of allylic oxidation sites excluding steroid dienone is 2. The second-order valence-corrected chi connectivity index (χ2v) is 12.4. The Balaban J connectivity index is 1.31. The normalized spacial score (nSPS) is 32.6. The standard InChI is InChI=1S/C31H41F7O2/c1-2-3-20-4-6-21(7-5-20)22-8-10-24(11-9-22)31(37,38)40-25-12-13-26(27(32)18-25)29(39)16-14-23(15-17-29)28(33)19-30(34,35)36/h12-13,18-24,39H,2-11,14-17H2,1H3/b28-19-. The predicted molar refractivity (Wildman–Crippen MR) is 139 cm³/mol. The molecule has 0 bridgehead atoms. The fraction of sp³-hybridized carbons (Fsp3) is 0.742. The van der Waals surface area contributed by atoms with E-state index in [1.165, 1.54) is 50.7 Å². The van der Waals surface area contributed by atoms with Gasteiger partial charge in [0.05, 0.1) is 17.6 Å². The highest BCUT2D eigenvalue weighted by molar-refractivity contribution is 5.33. The Bertz CT molecular complexity index is 997. The van der Waals surface area contributed by atoms with Crippen LogP contribution >= 0.6 is 0 Å². The highest BCUT2D eigenvalue weighted by atomic mass is 19.4. The Morgan fingerprint density at radius 2 is 1.50 bits per heavy atom. The van der Waals surface area contributed by atoms with Gasteiger partial charge in [-0.05, 0) is 94.1 Å². The van der Waals surface area contributed by atoms with Crippen LogP contribution in [0.15, 0.2) is 30.1 Å². The lowest BCUT2D eigenvalue weighted by molar-refractivity contribution is -0.224. The molecule has 3 saturated carbocycles. The quantitative estimate of drug-likeness (QED) is 0.311. The molecule has 0 spiro atoms. The van der Waals surface area contributed by atoms with Gasteiger partial charge in [0.25, 0.3) is 0 Å². The van der Waals surface area contributed by atoms with Gasteiger partial charge in [0.1, 0.15) is 17.4 Å². The van der Waals surface area contributed by atoms with Gasteiger partial charge in [-0.1, -0.05) is 32.6 Å². The summed E-state index contributed by atoms with van der Waals surface area (Å²) in [5, 5.41) is 11.0. The third-order valence-corrected chi connectivity index (χ3v) is 9.70. The van der Waals surface area contributed by atoms with Gasteiger partial charge in [-0.2, -0.15) is 22.0 Å². The van der Waals surface area contributed by atoms with Crippen LogP contribution in [0.5, 0.6) is 5.75 Å². The van der Waals surface area contributed by atoms with Gasteiger partial charge in [0.2, 0.25) is 0 Å². The van der Waals surface area contributed by atoms with Crippen LogP contribution in [0.2, 0.25) is 0 Å². The van der Waals surface area contributed by atoms with Crippen molar-refractivity contribution in [1.82, 2.24) is 0 Å². The molecule has 9 heteroatoms. The summed E-state index contributed by atoms with van der Waals surface area (Å²) in [7, 11) is 0. The van der Waals surface area contributed by atoms with Crippen molar-refractivity contribution in [2.45, 2.75) is 115 Å². The molecule has 0 aliphatic heterocycles. The molecular weight excluding hydrogens is 537 g/mol. The average Bonchev–Trinajstić information content (AvgIpc) is 2.88. The smallest absolute Gasteiger partial charge is 0.412 e. The molecule has 4 rings (SSSR count). The number of rotatable bonds is 8. The van der Waals surface area contributed by atoms with Crippen LogP contribution in [0, 0.1) is 35.4 Å². The summed E-state index contributed by atoms with van der Waals surface area (Å²) < 4.78 is 101. The third-order valence-electron chi connectivity index (χ3n) is 9.70. The summed E-state index contributed by atoms with van der Waals surface area (Å²) in [6.07, 6.45) is 0.355. The summed E-state index contributed by atoms with van der Waals surface area (Å²) >= 11 is 0. The number of alkyl halides is 5. The number of hydrogen-bond acceptors (Lipinski definition) is 2. The monoisotopic (exact) mass is 578 g/mol. The van der Waals surface area contributed by atoms with E-state index in [1.54, 1.807) is 0 Å². The molecule has 0 heterocycles. The van der Waals surface area contributed by atoms with Crippen LogP contribution in [-0.2, 0) is 5.60 Å². The van der Waals surface area contributed by atoms with E-state index >= 15 is 8.78 Å². The molecule has 1 aromatic carbocycles. The maximum atomic E-state index is 15.1. The molecule has 0 unspecified atom stereocenters. The molecule has 226 valence electrons. The molecule has 1 N–H and O–H groups in total.